The van der Waals surface area contributed by atoms with Crippen molar-refractivity contribution in [3.05, 3.63) is 35.9 Å². The number of nitrogens with one attached hydrogen (secondary N) is 1. The van der Waals surface area contributed by atoms with Crippen LogP contribution in [0.4, 0.5) is 0 Å². The molecule has 2 bridgehead atoms. The molecule has 0 aromatic heterocycles. The molecule has 3 atom stereocenters. The van der Waals surface area contributed by atoms with Crippen molar-refractivity contribution in [2.24, 2.45) is 5.92 Å². The fraction of sp³-hybridized carbons (Fsp3) is 0.632. The first-order chi connectivity index (χ1) is 11.3. The number of amides is 1. The Morgan fingerprint density at radius 2 is 1.91 bits per heavy atom. The van der Waals surface area contributed by atoms with Crippen LogP contribution in [-0.2, 0) is 4.79 Å². The van der Waals surface area contributed by atoms with Crippen LogP contribution in [0.15, 0.2) is 30.3 Å². The zero-order chi connectivity index (χ0) is 15.6. The Bertz CT molecular complexity index is 538. The summed E-state index contributed by atoms with van der Waals surface area (Å²) in [7, 11) is 0. The van der Waals surface area contributed by atoms with Gasteiger partial charge in [0, 0.05) is 36.6 Å². The summed E-state index contributed by atoms with van der Waals surface area (Å²) in [6, 6.07) is 12.2. The maximum absolute atomic E-state index is 13.0. The van der Waals surface area contributed by atoms with Crippen LogP contribution in [0.5, 0.6) is 0 Å². The molecule has 0 aliphatic carbocycles. The molecule has 3 heterocycles. The summed E-state index contributed by atoms with van der Waals surface area (Å²) in [4.78, 5) is 15.1. The van der Waals surface area contributed by atoms with E-state index < -0.39 is 0 Å². The Morgan fingerprint density at radius 3 is 2.65 bits per heavy atom. The van der Waals surface area contributed by atoms with E-state index in [0.29, 0.717) is 23.9 Å². The number of rotatable bonds is 3. The molecule has 3 aliphatic heterocycles. The van der Waals surface area contributed by atoms with Gasteiger partial charge in [0.25, 0.3) is 0 Å². The Balaban J connectivity index is 1.43. The van der Waals surface area contributed by atoms with Crippen LogP contribution in [0.3, 0.4) is 0 Å². The van der Waals surface area contributed by atoms with Gasteiger partial charge in [-0.2, -0.15) is 11.8 Å². The molecule has 4 heteroatoms. The molecule has 124 valence electrons. The molecule has 1 amide bonds. The summed E-state index contributed by atoms with van der Waals surface area (Å²) in [5.41, 5.74) is 1.29. The highest BCUT2D eigenvalue weighted by Gasteiger charge is 2.36. The number of piperidine rings is 1. The lowest BCUT2D eigenvalue weighted by molar-refractivity contribution is -0.134. The molecule has 3 aliphatic rings. The minimum Gasteiger partial charge on any atom is -0.334 e. The molecule has 1 N–H and O–H groups in total. The van der Waals surface area contributed by atoms with Crippen molar-refractivity contribution >= 4 is 17.7 Å². The van der Waals surface area contributed by atoms with Gasteiger partial charge in [-0.15, -0.1) is 0 Å². The van der Waals surface area contributed by atoms with Gasteiger partial charge in [-0.3, -0.25) is 4.79 Å². The molecule has 1 aromatic rings. The number of benzene rings is 1. The first-order valence-corrected chi connectivity index (χ1v) is 10.1. The highest BCUT2D eigenvalue weighted by atomic mass is 32.2. The number of carbonyl (C=O) groups excluding carboxylic acids is 1. The van der Waals surface area contributed by atoms with Gasteiger partial charge in [-0.05, 0) is 37.2 Å². The van der Waals surface area contributed by atoms with E-state index in [2.05, 4.69) is 40.5 Å². The predicted molar refractivity (Wildman–Crippen MR) is 95.5 cm³/mol. The lowest BCUT2D eigenvalue weighted by atomic mass is 9.89. The molecular formula is C19H26N2OS. The van der Waals surface area contributed by atoms with E-state index in [0.717, 1.165) is 24.5 Å². The second-order valence-electron chi connectivity index (χ2n) is 7.27. The van der Waals surface area contributed by atoms with Crippen LogP contribution in [0.2, 0.25) is 0 Å². The van der Waals surface area contributed by atoms with Crippen LogP contribution in [0.1, 0.15) is 43.7 Å². The smallest absolute Gasteiger partial charge is 0.223 e. The van der Waals surface area contributed by atoms with Crippen molar-refractivity contribution in [3.8, 4) is 0 Å². The maximum atomic E-state index is 13.0. The zero-order valence-corrected chi connectivity index (χ0v) is 14.4. The topological polar surface area (TPSA) is 32.3 Å². The third kappa shape index (κ3) is 3.43. The monoisotopic (exact) mass is 330 g/mol. The Labute approximate surface area is 143 Å². The molecule has 3 unspecified atom stereocenters. The Morgan fingerprint density at radius 1 is 1.17 bits per heavy atom. The molecular weight excluding hydrogens is 304 g/mol. The standard InChI is InChI=1S/C19H26N2OS/c22-19(12-14-10-16-6-7-17(11-14)20-16)21-8-9-23-13-18(21)15-4-2-1-3-5-15/h1-5,14,16-18,20H,6-13H2. The second-order valence-corrected chi connectivity index (χ2v) is 8.42. The van der Waals surface area contributed by atoms with Crippen LogP contribution in [-0.4, -0.2) is 40.9 Å². The minimum atomic E-state index is 0.265. The highest BCUT2D eigenvalue weighted by Crippen LogP contribution is 2.35. The predicted octanol–water partition coefficient (Wildman–Crippen LogP) is 3.22. The van der Waals surface area contributed by atoms with E-state index in [9.17, 15) is 4.79 Å². The van der Waals surface area contributed by atoms with Gasteiger partial charge >= 0.3 is 0 Å². The average Bonchev–Trinajstić information content (AvgIpc) is 2.94. The molecule has 0 spiro atoms. The summed E-state index contributed by atoms with van der Waals surface area (Å²) < 4.78 is 0. The summed E-state index contributed by atoms with van der Waals surface area (Å²) in [6.07, 6.45) is 5.76. The van der Waals surface area contributed by atoms with Gasteiger partial charge in [0.05, 0.1) is 6.04 Å². The maximum Gasteiger partial charge on any atom is 0.223 e. The molecule has 4 rings (SSSR count). The van der Waals surface area contributed by atoms with Crippen molar-refractivity contribution in [3.63, 3.8) is 0 Å². The van der Waals surface area contributed by atoms with Gasteiger partial charge in [-0.25, -0.2) is 0 Å². The third-order valence-electron chi connectivity index (χ3n) is 5.67. The zero-order valence-electron chi connectivity index (χ0n) is 13.6. The molecule has 1 aromatic carbocycles. The normalized spacial score (nSPS) is 33.7. The Kier molecular flexibility index (Phi) is 4.63. The molecule has 3 saturated heterocycles. The van der Waals surface area contributed by atoms with Crippen molar-refractivity contribution < 1.29 is 4.79 Å². The molecule has 0 radical (unpaired) electrons. The molecule has 23 heavy (non-hydrogen) atoms. The van der Waals surface area contributed by atoms with E-state index in [1.807, 2.05) is 11.8 Å². The van der Waals surface area contributed by atoms with E-state index >= 15 is 0 Å². The summed E-state index contributed by atoms with van der Waals surface area (Å²) >= 11 is 1.97. The van der Waals surface area contributed by atoms with Gasteiger partial charge in [0.2, 0.25) is 5.91 Å². The van der Waals surface area contributed by atoms with Crippen molar-refractivity contribution in [1.29, 1.82) is 0 Å². The largest absolute Gasteiger partial charge is 0.334 e. The number of nitrogens with zero attached hydrogens (tertiary/aromatic N) is 1. The fourth-order valence-corrected chi connectivity index (χ4v) is 5.65. The van der Waals surface area contributed by atoms with Crippen LogP contribution in [0, 0.1) is 5.92 Å². The lowest BCUT2D eigenvalue weighted by Crippen LogP contribution is -2.43. The number of thioether (sulfide) groups is 1. The fourth-order valence-electron chi connectivity index (χ4n) is 4.56. The Hall–Kier alpha value is -1.00. The number of carbonyl (C=O) groups is 1. The van der Waals surface area contributed by atoms with Crippen LogP contribution in [0.25, 0.3) is 0 Å². The van der Waals surface area contributed by atoms with Crippen molar-refractivity contribution in [1.82, 2.24) is 10.2 Å². The van der Waals surface area contributed by atoms with Gasteiger partial charge in [-0.1, -0.05) is 30.3 Å². The van der Waals surface area contributed by atoms with Gasteiger partial charge < -0.3 is 10.2 Å². The number of hydrogen-bond donors (Lipinski definition) is 1. The summed E-state index contributed by atoms with van der Waals surface area (Å²) in [6.45, 7) is 0.904. The summed E-state index contributed by atoms with van der Waals surface area (Å²) in [5, 5.41) is 3.68. The molecule has 0 saturated carbocycles. The second kappa shape index (κ2) is 6.86. The van der Waals surface area contributed by atoms with Gasteiger partial charge in [0.15, 0.2) is 0 Å². The third-order valence-corrected chi connectivity index (χ3v) is 6.69. The quantitative estimate of drug-likeness (QED) is 0.923. The summed E-state index contributed by atoms with van der Waals surface area (Å²) in [5.74, 6) is 3.08. The van der Waals surface area contributed by atoms with Crippen molar-refractivity contribution in [2.45, 2.75) is 50.2 Å². The number of fused-ring (bicyclic) bond motifs is 2. The number of hydrogen-bond acceptors (Lipinski definition) is 3. The van der Waals surface area contributed by atoms with Crippen LogP contribution >= 0.6 is 11.8 Å². The van der Waals surface area contributed by atoms with E-state index in [-0.39, 0.29) is 6.04 Å². The van der Waals surface area contributed by atoms with E-state index in [1.165, 1.54) is 31.2 Å². The van der Waals surface area contributed by atoms with Crippen LogP contribution < -0.4 is 5.32 Å². The van der Waals surface area contributed by atoms with E-state index in [1.54, 1.807) is 0 Å². The SMILES string of the molecule is O=C(CC1CC2CCC(C1)N2)N1CCSCC1c1ccccc1. The lowest BCUT2D eigenvalue weighted by Gasteiger charge is -2.37. The first kappa shape index (κ1) is 15.5. The average molecular weight is 330 g/mol. The molecule has 3 nitrogen and oxygen atoms in total. The first-order valence-electron chi connectivity index (χ1n) is 8.98. The van der Waals surface area contributed by atoms with Crippen molar-refractivity contribution in [2.75, 3.05) is 18.1 Å². The minimum absolute atomic E-state index is 0.265. The molecule has 3 fully saturated rings. The van der Waals surface area contributed by atoms with E-state index in [4.69, 9.17) is 0 Å². The van der Waals surface area contributed by atoms with Gasteiger partial charge in [0.1, 0.15) is 0 Å². The highest BCUT2D eigenvalue weighted by molar-refractivity contribution is 7.99.